The number of aromatic nitrogens is 2. The molecule has 1 aliphatic heterocycles. The average molecular weight is 323 g/mol. The van der Waals surface area contributed by atoms with Gasteiger partial charge in [-0.25, -0.2) is 9.78 Å². The number of nitrogens with zero attached hydrogens (tertiary/aromatic N) is 3. The number of hydrogen-bond donors (Lipinski definition) is 2. The van der Waals surface area contributed by atoms with Gasteiger partial charge in [-0.3, -0.25) is 4.57 Å². The number of hydrogen-bond acceptors (Lipinski definition) is 4. The predicted octanol–water partition coefficient (Wildman–Crippen LogP) is 1.06. The number of amides is 1. The van der Waals surface area contributed by atoms with Crippen LogP contribution in [0.4, 0.5) is 10.5 Å². The van der Waals surface area contributed by atoms with Gasteiger partial charge in [-0.2, -0.15) is 0 Å². The highest BCUT2D eigenvalue weighted by Gasteiger charge is 2.24. The lowest BCUT2D eigenvalue weighted by molar-refractivity contribution is 0.251. The van der Waals surface area contributed by atoms with Crippen molar-refractivity contribution in [2.45, 2.75) is 12.5 Å². The Balaban J connectivity index is 2.17. The number of halogens is 1. The largest absolute Gasteiger partial charge is 0.368 e. The van der Waals surface area contributed by atoms with Crippen LogP contribution in [0.15, 0.2) is 16.9 Å². The second-order valence-corrected chi connectivity index (χ2v) is 5.48. The molecule has 2 aromatic heterocycles. The van der Waals surface area contributed by atoms with Gasteiger partial charge in [-0.1, -0.05) is 0 Å². The lowest BCUT2D eigenvalue weighted by atomic mass is 10.2. The van der Waals surface area contributed by atoms with Crippen LogP contribution in [-0.4, -0.2) is 34.7 Å². The molecule has 2 aromatic rings. The van der Waals surface area contributed by atoms with Gasteiger partial charge < -0.3 is 16.4 Å². The Morgan fingerprint density at radius 2 is 2.37 bits per heavy atom. The van der Waals surface area contributed by atoms with E-state index in [9.17, 15) is 4.79 Å². The quantitative estimate of drug-likeness (QED) is 0.821. The maximum Gasteiger partial charge on any atom is 0.324 e. The van der Waals surface area contributed by atoms with Gasteiger partial charge in [-0.05, 0) is 22.4 Å². The lowest BCUT2D eigenvalue weighted by Gasteiger charge is -2.20. The smallest absolute Gasteiger partial charge is 0.324 e. The van der Waals surface area contributed by atoms with E-state index in [1.165, 1.54) is 10.8 Å². The minimum atomic E-state index is -0.565. The van der Waals surface area contributed by atoms with E-state index in [4.69, 9.17) is 11.5 Å². The first kappa shape index (κ1) is 12.4. The topological polar surface area (TPSA) is 90.2 Å². The van der Waals surface area contributed by atoms with Gasteiger partial charge in [0.15, 0.2) is 5.65 Å². The minimum absolute atomic E-state index is 0.174. The van der Waals surface area contributed by atoms with Crippen LogP contribution in [-0.2, 0) is 0 Å². The third-order valence-electron chi connectivity index (χ3n) is 3.33. The van der Waals surface area contributed by atoms with Gasteiger partial charge >= 0.3 is 6.03 Å². The first-order valence-electron chi connectivity index (χ1n) is 5.95. The second-order valence-electron chi connectivity index (χ2n) is 4.63. The molecule has 0 bridgehead atoms. The Bertz CT molecular complexity index is 653. The molecule has 1 amide bonds. The number of carbonyl (C=O) groups excluding carboxylic acids is 1. The van der Waals surface area contributed by atoms with Crippen molar-refractivity contribution in [3.8, 4) is 0 Å². The number of carbonyl (C=O) groups is 1. The van der Waals surface area contributed by atoms with Crippen LogP contribution in [0.3, 0.4) is 0 Å². The van der Waals surface area contributed by atoms with Crippen LogP contribution in [0, 0.1) is 6.07 Å². The van der Waals surface area contributed by atoms with E-state index in [0.717, 1.165) is 35.1 Å². The second kappa shape index (κ2) is 4.50. The van der Waals surface area contributed by atoms with Crippen molar-refractivity contribution >= 4 is 38.7 Å². The van der Waals surface area contributed by atoms with E-state index < -0.39 is 6.03 Å². The number of rotatable bonds is 1. The van der Waals surface area contributed by atoms with Crippen LogP contribution in [0.25, 0.3) is 11.0 Å². The van der Waals surface area contributed by atoms with Crippen molar-refractivity contribution in [1.29, 1.82) is 0 Å². The van der Waals surface area contributed by atoms with Gasteiger partial charge in [0.05, 0.1) is 15.5 Å². The zero-order chi connectivity index (χ0) is 13.6. The van der Waals surface area contributed by atoms with Crippen LogP contribution < -0.4 is 16.4 Å². The minimum Gasteiger partial charge on any atom is -0.368 e. The number of nitrogens with two attached hydrogens (primary N) is 2. The fourth-order valence-electron chi connectivity index (χ4n) is 2.44. The Morgan fingerprint density at radius 3 is 3.00 bits per heavy atom. The molecule has 0 aliphatic carbocycles. The van der Waals surface area contributed by atoms with Crippen molar-refractivity contribution in [2.24, 2.45) is 11.5 Å². The molecule has 99 valence electrons. The molecule has 4 N–H and O–H groups in total. The molecule has 6 nitrogen and oxygen atoms in total. The summed E-state index contributed by atoms with van der Waals surface area (Å²) in [6, 6.07) is 2.67. The van der Waals surface area contributed by atoms with Crippen LogP contribution in [0.1, 0.15) is 6.42 Å². The van der Waals surface area contributed by atoms with E-state index in [2.05, 4.69) is 31.9 Å². The average Bonchev–Trinajstić information content (AvgIpc) is 2.95. The molecule has 0 spiro atoms. The molecule has 3 heterocycles. The molecule has 7 heteroatoms. The highest BCUT2D eigenvalue weighted by Crippen LogP contribution is 2.35. The van der Waals surface area contributed by atoms with E-state index >= 15 is 0 Å². The summed E-state index contributed by atoms with van der Waals surface area (Å²) in [5, 5.41) is 0.780. The molecule has 0 aromatic carbocycles. The SMILES string of the molecule is NC(=O)n1c[c]c2c(N3CC[C@@H](N)C3)c(Br)cnc21. The van der Waals surface area contributed by atoms with E-state index in [0.29, 0.717) is 5.65 Å². The van der Waals surface area contributed by atoms with Crippen molar-refractivity contribution in [1.82, 2.24) is 9.55 Å². The van der Waals surface area contributed by atoms with Gasteiger partial charge in [0.25, 0.3) is 0 Å². The summed E-state index contributed by atoms with van der Waals surface area (Å²) in [6.45, 7) is 1.67. The molecule has 1 atom stereocenters. The van der Waals surface area contributed by atoms with Gasteiger partial charge in [0.1, 0.15) is 0 Å². The number of primary amides is 1. The summed E-state index contributed by atoms with van der Waals surface area (Å²) < 4.78 is 2.16. The Hall–Kier alpha value is -1.60. The maximum absolute atomic E-state index is 11.3. The fourth-order valence-corrected chi connectivity index (χ4v) is 2.99. The maximum atomic E-state index is 11.3. The zero-order valence-electron chi connectivity index (χ0n) is 10.1. The van der Waals surface area contributed by atoms with Gasteiger partial charge in [0.2, 0.25) is 0 Å². The van der Waals surface area contributed by atoms with Crippen molar-refractivity contribution < 1.29 is 4.79 Å². The van der Waals surface area contributed by atoms with Gasteiger partial charge in [0, 0.05) is 37.6 Å². The molecule has 1 aliphatic rings. The van der Waals surface area contributed by atoms with Crippen LogP contribution in [0.2, 0.25) is 0 Å². The zero-order valence-corrected chi connectivity index (χ0v) is 11.7. The molecular formula is C12H13BrN5O. The van der Waals surface area contributed by atoms with E-state index in [-0.39, 0.29) is 6.04 Å². The molecule has 19 heavy (non-hydrogen) atoms. The summed E-state index contributed by atoms with van der Waals surface area (Å²) >= 11 is 3.50. The molecule has 3 rings (SSSR count). The summed E-state index contributed by atoms with van der Waals surface area (Å²) in [4.78, 5) is 17.7. The third-order valence-corrected chi connectivity index (χ3v) is 3.91. The van der Waals surface area contributed by atoms with E-state index in [1.807, 2.05) is 0 Å². The summed E-state index contributed by atoms with van der Waals surface area (Å²) in [7, 11) is 0. The van der Waals surface area contributed by atoms with Crippen LogP contribution in [0.5, 0.6) is 0 Å². The van der Waals surface area contributed by atoms with Crippen LogP contribution >= 0.6 is 15.9 Å². The summed E-state index contributed by atoms with van der Waals surface area (Å²) in [5.74, 6) is 0. The monoisotopic (exact) mass is 322 g/mol. The lowest BCUT2D eigenvalue weighted by Crippen LogP contribution is -2.26. The molecule has 0 unspecified atom stereocenters. The Kier molecular flexibility index (Phi) is 2.94. The normalized spacial score (nSPS) is 19.3. The number of fused-ring (bicyclic) bond motifs is 1. The fraction of sp³-hybridized carbons (Fsp3) is 0.333. The van der Waals surface area contributed by atoms with Crippen molar-refractivity contribution in [3.05, 3.63) is 22.9 Å². The van der Waals surface area contributed by atoms with E-state index in [1.54, 1.807) is 6.20 Å². The molecule has 0 saturated carbocycles. The highest BCUT2D eigenvalue weighted by molar-refractivity contribution is 9.10. The number of anilines is 1. The molecule has 1 saturated heterocycles. The highest BCUT2D eigenvalue weighted by atomic mass is 79.9. The molecule has 1 fully saturated rings. The summed E-state index contributed by atoms with van der Waals surface area (Å²) in [5.41, 5.74) is 12.7. The third kappa shape index (κ3) is 1.98. The van der Waals surface area contributed by atoms with Crippen molar-refractivity contribution in [2.75, 3.05) is 18.0 Å². The Morgan fingerprint density at radius 1 is 1.58 bits per heavy atom. The van der Waals surface area contributed by atoms with Crippen molar-refractivity contribution in [3.63, 3.8) is 0 Å². The Labute approximate surface area is 118 Å². The molecule has 1 radical (unpaired) electrons. The first-order valence-corrected chi connectivity index (χ1v) is 6.75. The summed E-state index contributed by atoms with van der Waals surface area (Å²) in [6.07, 6.45) is 4.15. The molecular weight excluding hydrogens is 310 g/mol. The van der Waals surface area contributed by atoms with Gasteiger partial charge in [-0.15, -0.1) is 0 Å². The number of pyridine rings is 1. The standard InChI is InChI=1S/C12H13BrN5O/c13-9-5-16-11-8(2-4-18(11)12(15)19)10(9)17-3-1-7(14)6-17/h4-5,7H,1,3,6,14H2,(H2,15,19)/t7-/m1/s1. The first-order chi connectivity index (χ1) is 9.08. The predicted molar refractivity (Wildman–Crippen MR) is 76.1 cm³/mol.